The number of anilines is 1. The molecule has 32 heavy (non-hydrogen) atoms. The van der Waals surface area contributed by atoms with Gasteiger partial charge >= 0.3 is 0 Å². The number of thiazole rings is 1. The summed E-state index contributed by atoms with van der Waals surface area (Å²) in [4.78, 5) is 20.1. The fourth-order valence-corrected chi connectivity index (χ4v) is 4.72. The molecule has 0 spiro atoms. The summed E-state index contributed by atoms with van der Waals surface area (Å²) < 4.78 is 18.3. The standard InChI is InChI=1S/C25H30N2O4S/c1-3-5-13-30-19-9-6-8-18(15-19)24(28)27(17-21-10-7-14-31-21)25-26-22-12-11-20(29-4-2)16-23(22)32-25/h6,8-9,11-12,15-16,21H,3-5,7,10,13-14,17H2,1-2H3. The van der Waals surface area contributed by atoms with Crippen molar-refractivity contribution < 1.29 is 19.0 Å². The minimum Gasteiger partial charge on any atom is -0.494 e. The number of carbonyl (C=O) groups is 1. The van der Waals surface area contributed by atoms with Crippen molar-refractivity contribution in [1.82, 2.24) is 4.98 Å². The lowest BCUT2D eigenvalue weighted by atomic mass is 10.1. The molecule has 0 radical (unpaired) electrons. The number of fused-ring (bicyclic) bond motifs is 1. The highest BCUT2D eigenvalue weighted by molar-refractivity contribution is 7.22. The molecule has 1 aromatic heterocycles. The molecule has 170 valence electrons. The second-order valence-corrected chi connectivity index (χ2v) is 8.85. The highest BCUT2D eigenvalue weighted by Crippen LogP contribution is 2.33. The second kappa shape index (κ2) is 10.8. The van der Waals surface area contributed by atoms with Gasteiger partial charge in [0, 0.05) is 12.2 Å². The number of nitrogens with zero attached hydrogens (tertiary/aromatic N) is 2. The minimum absolute atomic E-state index is 0.0222. The van der Waals surface area contributed by atoms with E-state index in [4.69, 9.17) is 19.2 Å². The average Bonchev–Trinajstić information content (AvgIpc) is 3.47. The number of hydrogen-bond acceptors (Lipinski definition) is 6. The molecule has 6 nitrogen and oxygen atoms in total. The average molecular weight is 455 g/mol. The van der Waals surface area contributed by atoms with Crippen molar-refractivity contribution in [2.75, 3.05) is 31.3 Å². The fraction of sp³-hybridized carbons (Fsp3) is 0.440. The van der Waals surface area contributed by atoms with Crippen LogP contribution >= 0.6 is 11.3 Å². The number of ether oxygens (including phenoxy) is 3. The molecule has 2 heterocycles. The van der Waals surface area contributed by atoms with Crippen LogP contribution in [0.2, 0.25) is 0 Å². The molecule has 0 aliphatic carbocycles. The Morgan fingerprint density at radius 2 is 2.06 bits per heavy atom. The Hall–Kier alpha value is -2.64. The van der Waals surface area contributed by atoms with E-state index < -0.39 is 0 Å². The van der Waals surface area contributed by atoms with Gasteiger partial charge in [-0.1, -0.05) is 30.7 Å². The zero-order valence-corrected chi connectivity index (χ0v) is 19.5. The molecule has 0 N–H and O–H groups in total. The molecule has 1 aliphatic heterocycles. The van der Waals surface area contributed by atoms with Crippen LogP contribution in [0.5, 0.6) is 11.5 Å². The molecule has 1 fully saturated rings. The molecule has 1 amide bonds. The summed E-state index contributed by atoms with van der Waals surface area (Å²) in [6, 6.07) is 13.3. The van der Waals surface area contributed by atoms with E-state index >= 15 is 0 Å². The van der Waals surface area contributed by atoms with Gasteiger partial charge in [0.05, 0.1) is 36.1 Å². The summed E-state index contributed by atoms with van der Waals surface area (Å²) in [6.07, 6.45) is 4.04. The maximum absolute atomic E-state index is 13.6. The van der Waals surface area contributed by atoms with Gasteiger partial charge in [0.25, 0.3) is 5.91 Å². The van der Waals surface area contributed by atoms with E-state index in [0.717, 1.165) is 48.3 Å². The molecular formula is C25H30N2O4S. The van der Waals surface area contributed by atoms with Crippen molar-refractivity contribution in [1.29, 1.82) is 0 Å². The Morgan fingerprint density at radius 3 is 2.84 bits per heavy atom. The number of unbranched alkanes of at least 4 members (excludes halogenated alkanes) is 1. The number of carbonyl (C=O) groups excluding carboxylic acids is 1. The number of hydrogen-bond donors (Lipinski definition) is 0. The molecule has 0 saturated carbocycles. The number of aromatic nitrogens is 1. The Labute approximate surface area is 193 Å². The third kappa shape index (κ3) is 5.40. The van der Waals surface area contributed by atoms with E-state index in [1.165, 1.54) is 11.3 Å². The first-order chi connectivity index (χ1) is 15.7. The van der Waals surface area contributed by atoms with E-state index in [9.17, 15) is 4.79 Å². The fourth-order valence-electron chi connectivity index (χ4n) is 3.71. The molecule has 1 saturated heterocycles. The van der Waals surface area contributed by atoms with Crippen LogP contribution in [0.1, 0.15) is 49.9 Å². The summed E-state index contributed by atoms with van der Waals surface area (Å²) in [5, 5.41) is 0.673. The van der Waals surface area contributed by atoms with Gasteiger partial charge in [-0.3, -0.25) is 9.69 Å². The van der Waals surface area contributed by atoms with E-state index in [0.29, 0.717) is 36.2 Å². The van der Waals surface area contributed by atoms with Gasteiger partial charge in [-0.15, -0.1) is 0 Å². The number of rotatable bonds is 10. The van der Waals surface area contributed by atoms with E-state index in [1.807, 2.05) is 49.4 Å². The molecule has 1 aliphatic rings. The summed E-state index contributed by atoms with van der Waals surface area (Å²) in [6.45, 7) is 6.57. The molecule has 1 atom stereocenters. The molecular weight excluding hydrogens is 424 g/mol. The third-order valence-corrected chi connectivity index (χ3v) is 6.43. The van der Waals surface area contributed by atoms with Gasteiger partial charge in [-0.2, -0.15) is 0 Å². The van der Waals surface area contributed by atoms with Crippen molar-refractivity contribution in [2.45, 2.75) is 45.6 Å². The monoisotopic (exact) mass is 454 g/mol. The normalized spacial score (nSPS) is 15.8. The van der Waals surface area contributed by atoms with Crippen LogP contribution in [0, 0.1) is 0 Å². The predicted molar refractivity (Wildman–Crippen MR) is 128 cm³/mol. The van der Waals surface area contributed by atoms with Gasteiger partial charge in [0.1, 0.15) is 11.5 Å². The van der Waals surface area contributed by atoms with Gasteiger partial charge in [0.15, 0.2) is 5.13 Å². The highest BCUT2D eigenvalue weighted by atomic mass is 32.1. The lowest BCUT2D eigenvalue weighted by Crippen LogP contribution is -2.37. The van der Waals surface area contributed by atoms with Crippen LogP contribution in [0.3, 0.4) is 0 Å². The number of amides is 1. The van der Waals surface area contributed by atoms with Crippen LogP contribution in [-0.4, -0.2) is 43.4 Å². The van der Waals surface area contributed by atoms with Crippen LogP contribution in [-0.2, 0) is 4.74 Å². The molecule has 1 unspecified atom stereocenters. The molecule has 2 aromatic carbocycles. The van der Waals surface area contributed by atoms with Gasteiger partial charge < -0.3 is 14.2 Å². The van der Waals surface area contributed by atoms with Crippen LogP contribution in [0.25, 0.3) is 10.2 Å². The lowest BCUT2D eigenvalue weighted by molar-refractivity contribution is 0.0917. The first-order valence-corrected chi connectivity index (χ1v) is 12.2. The van der Waals surface area contributed by atoms with Crippen LogP contribution < -0.4 is 14.4 Å². The van der Waals surface area contributed by atoms with Gasteiger partial charge in [-0.05, 0) is 62.6 Å². The zero-order valence-electron chi connectivity index (χ0n) is 18.7. The smallest absolute Gasteiger partial charge is 0.260 e. The minimum atomic E-state index is -0.0921. The van der Waals surface area contributed by atoms with E-state index in [1.54, 1.807) is 4.90 Å². The SMILES string of the molecule is CCCCOc1cccc(C(=O)N(CC2CCCO2)c2nc3ccc(OCC)cc3s2)c1. The first kappa shape index (κ1) is 22.6. The van der Waals surface area contributed by atoms with Crippen molar-refractivity contribution in [2.24, 2.45) is 0 Å². The Bertz CT molecular complexity index is 1050. The summed E-state index contributed by atoms with van der Waals surface area (Å²) in [5.74, 6) is 1.43. The van der Waals surface area contributed by atoms with Gasteiger partial charge in [-0.25, -0.2) is 4.98 Å². The molecule has 4 rings (SSSR count). The predicted octanol–water partition coefficient (Wildman–Crippen LogP) is 5.70. The Kier molecular flexibility index (Phi) is 7.60. The molecule has 0 bridgehead atoms. The maximum atomic E-state index is 13.6. The largest absolute Gasteiger partial charge is 0.494 e. The van der Waals surface area contributed by atoms with Gasteiger partial charge in [0.2, 0.25) is 0 Å². The lowest BCUT2D eigenvalue weighted by Gasteiger charge is -2.23. The second-order valence-electron chi connectivity index (χ2n) is 7.84. The highest BCUT2D eigenvalue weighted by Gasteiger charge is 2.27. The molecule has 3 aromatic rings. The van der Waals surface area contributed by atoms with Crippen molar-refractivity contribution >= 4 is 32.6 Å². The van der Waals surface area contributed by atoms with Crippen molar-refractivity contribution in [3.05, 3.63) is 48.0 Å². The summed E-state index contributed by atoms with van der Waals surface area (Å²) >= 11 is 1.50. The third-order valence-electron chi connectivity index (χ3n) is 5.39. The Morgan fingerprint density at radius 1 is 1.19 bits per heavy atom. The van der Waals surface area contributed by atoms with Crippen molar-refractivity contribution in [3.8, 4) is 11.5 Å². The zero-order chi connectivity index (χ0) is 22.3. The number of benzene rings is 2. The Balaban J connectivity index is 1.62. The quantitative estimate of drug-likeness (QED) is 0.368. The maximum Gasteiger partial charge on any atom is 0.260 e. The van der Waals surface area contributed by atoms with E-state index in [-0.39, 0.29) is 12.0 Å². The molecule has 7 heteroatoms. The van der Waals surface area contributed by atoms with Crippen LogP contribution in [0.15, 0.2) is 42.5 Å². The van der Waals surface area contributed by atoms with Crippen molar-refractivity contribution in [3.63, 3.8) is 0 Å². The first-order valence-electron chi connectivity index (χ1n) is 11.4. The van der Waals surface area contributed by atoms with E-state index in [2.05, 4.69) is 6.92 Å². The van der Waals surface area contributed by atoms with Crippen LogP contribution in [0.4, 0.5) is 5.13 Å². The summed E-state index contributed by atoms with van der Waals surface area (Å²) in [5.41, 5.74) is 1.45. The summed E-state index contributed by atoms with van der Waals surface area (Å²) in [7, 11) is 0. The topological polar surface area (TPSA) is 60.9 Å².